The molecule has 118 valence electrons. The van der Waals surface area contributed by atoms with Crippen molar-refractivity contribution in [2.75, 3.05) is 19.6 Å². The van der Waals surface area contributed by atoms with Crippen molar-refractivity contribution >= 4 is 34.8 Å². The van der Waals surface area contributed by atoms with Gasteiger partial charge in [0.1, 0.15) is 0 Å². The number of halogens is 3. The van der Waals surface area contributed by atoms with Crippen LogP contribution in [0.15, 0.2) is 12.1 Å². The largest absolute Gasteiger partial charge is 0.317 e. The Bertz CT molecular complexity index is 471. The minimum atomic E-state index is 0.536. The lowest BCUT2D eigenvalue weighted by molar-refractivity contribution is 0.137. The Balaban J connectivity index is 2.17. The Morgan fingerprint density at radius 2 is 1.86 bits per heavy atom. The molecule has 2 nitrogen and oxygen atoms in total. The molecule has 1 N–H and O–H groups in total. The Labute approximate surface area is 142 Å². The summed E-state index contributed by atoms with van der Waals surface area (Å²) in [4.78, 5) is 2.53. The van der Waals surface area contributed by atoms with E-state index >= 15 is 0 Å². The smallest absolute Gasteiger partial charge is 0.0638 e. The zero-order valence-electron chi connectivity index (χ0n) is 12.6. The van der Waals surface area contributed by atoms with Crippen LogP contribution < -0.4 is 5.32 Å². The average molecular weight is 350 g/mol. The first-order chi connectivity index (χ1) is 9.97. The van der Waals surface area contributed by atoms with Crippen molar-refractivity contribution in [2.24, 2.45) is 5.92 Å². The summed E-state index contributed by atoms with van der Waals surface area (Å²) in [6.45, 7) is 8.54. The highest BCUT2D eigenvalue weighted by Crippen LogP contribution is 2.31. The maximum absolute atomic E-state index is 6.36. The third-order valence-corrected chi connectivity index (χ3v) is 4.93. The molecule has 0 unspecified atom stereocenters. The van der Waals surface area contributed by atoms with Crippen molar-refractivity contribution < 1.29 is 0 Å². The summed E-state index contributed by atoms with van der Waals surface area (Å²) in [6, 6.07) is 4.23. The summed E-state index contributed by atoms with van der Waals surface area (Å²) < 4.78 is 0. The molecule has 2 rings (SSSR count). The van der Waals surface area contributed by atoms with E-state index in [4.69, 9.17) is 34.8 Å². The standard InChI is InChI=1S/C16H23Cl3N2/c1-11(2)9-21(14-3-5-20-6-4-14)10-12-7-13(17)8-15(18)16(12)19/h7-8,11,14,20H,3-6,9-10H2,1-2H3. The second-order valence-electron chi connectivity index (χ2n) is 6.17. The Morgan fingerprint density at radius 3 is 2.48 bits per heavy atom. The van der Waals surface area contributed by atoms with Gasteiger partial charge in [-0.2, -0.15) is 0 Å². The summed E-state index contributed by atoms with van der Waals surface area (Å²) in [5, 5.41) is 5.23. The second kappa shape index (κ2) is 8.03. The Kier molecular flexibility index (Phi) is 6.64. The fourth-order valence-corrected chi connectivity index (χ4v) is 3.63. The molecule has 0 saturated carbocycles. The molecule has 0 amide bonds. The molecular formula is C16H23Cl3N2. The Hall–Kier alpha value is 0.01000. The monoisotopic (exact) mass is 348 g/mol. The lowest BCUT2D eigenvalue weighted by Crippen LogP contribution is -2.44. The number of rotatable bonds is 5. The summed E-state index contributed by atoms with van der Waals surface area (Å²) in [5.41, 5.74) is 1.02. The fourth-order valence-electron chi connectivity index (χ4n) is 2.93. The van der Waals surface area contributed by atoms with Crippen molar-refractivity contribution in [3.05, 3.63) is 32.8 Å². The molecule has 5 heteroatoms. The van der Waals surface area contributed by atoms with Crippen molar-refractivity contribution in [3.63, 3.8) is 0 Å². The first kappa shape index (κ1) is 17.4. The summed E-state index contributed by atoms with van der Waals surface area (Å²) in [5.74, 6) is 0.619. The van der Waals surface area contributed by atoms with E-state index in [-0.39, 0.29) is 0 Å². The van der Waals surface area contributed by atoms with Gasteiger partial charge in [-0.1, -0.05) is 48.7 Å². The van der Waals surface area contributed by atoms with Gasteiger partial charge in [0.05, 0.1) is 10.0 Å². The predicted octanol–water partition coefficient (Wildman–Crippen LogP) is 4.86. The van der Waals surface area contributed by atoms with E-state index in [1.54, 1.807) is 6.07 Å². The van der Waals surface area contributed by atoms with E-state index in [1.165, 1.54) is 12.8 Å². The van der Waals surface area contributed by atoms with Crippen LogP contribution in [0, 0.1) is 5.92 Å². The maximum atomic E-state index is 6.36. The van der Waals surface area contributed by atoms with Gasteiger partial charge in [-0.15, -0.1) is 0 Å². The van der Waals surface area contributed by atoms with Gasteiger partial charge < -0.3 is 5.32 Å². The minimum absolute atomic E-state index is 0.536. The average Bonchev–Trinajstić information content (AvgIpc) is 2.44. The van der Waals surface area contributed by atoms with Crippen LogP contribution in [0.4, 0.5) is 0 Å². The molecule has 0 atom stereocenters. The van der Waals surface area contributed by atoms with Gasteiger partial charge in [0.15, 0.2) is 0 Å². The van der Waals surface area contributed by atoms with E-state index in [0.717, 1.165) is 31.7 Å². The van der Waals surface area contributed by atoms with Gasteiger partial charge in [-0.25, -0.2) is 0 Å². The molecule has 0 spiro atoms. The highest BCUT2D eigenvalue weighted by atomic mass is 35.5. The predicted molar refractivity (Wildman–Crippen MR) is 92.6 cm³/mol. The molecule has 1 heterocycles. The van der Waals surface area contributed by atoms with Crippen LogP contribution in [0.2, 0.25) is 15.1 Å². The molecule has 1 aliphatic rings. The van der Waals surface area contributed by atoms with Crippen LogP contribution in [0.3, 0.4) is 0 Å². The van der Waals surface area contributed by atoms with Crippen LogP contribution >= 0.6 is 34.8 Å². The number of hydrogen-bond donors (Lipinski definition) is 1. The SMILES string of the molecule is CC(C)CN(Cc1cc(Cl)cc(Cl)c1Cl)C1CCNCC1. The van der Waals surface area contributed by atoms with E-state index in [0.29, 0.717) is 27.0 Å². The lowest BCUT2D eigenvalue weighted by Gasteiger charge is -2.36. The molecule has 0 aromatic heterocycles. The van der Waals surface area contributed by atoms with Crippen molar-refractivity contribution in [2.45, 2.75) is 39.3 Å². The van der Waals surface area contributed by atoms with E-state index < -0.39 is 0 Å². The molecule has 1 aromatic rings. The summed E-state index contributed by atoms with van der Waals surface area (Å²) in [6.07, 6.45) is 2.36. The number of benzene rings is 1. The third kappa shape index (κ3) is 5.01. The highest BCUT2D eigenvalue weighted by molar-refractivity contribution is 6.43. The number of piperidine rings is 1. The number of nitrogens with one attached hydrogen (secondary N) is 1. The molecule has 1 aromatic carbocycles. The van der Waals surface area contributed by atoms with E-state index in [2.05, 4.69) is 24.1 Å². The van der Waals surface area contributed by atoms with Crippen LogP contribution in [0.25, 0.3) is 0 Å². The van der Waals surface area contributed by atoms with Crippen molar-refractivity contribution in [1.29, 1.82) is 0 Å². The number of hydrogen-bond acceptors (Lipinski definition) is 2. The molecule has 0 aliphatic carbocycles. The first-order valence-corrected chi connectivity index (χ1v) is 8.69. The van der Waals surface area contributed by atoms with Crippen molar-refractivity contribution in [3.8, 4) is 0 Å². The van der Waals surface area contributed by atoms with Crippen LogP contribution in [0.1, 0.15) is 32.3 Å². The van der Waals surface area contributed by atoms with Gasteiger partial charge >= 0.3 is 0 Å². The molecule has 1 saturated heterocycles. The molecule has 1 aliphatic heterocycles. The van der Waals surface area contributed by atoms with Crippen LogP contribution in [-0.4, -0.2) is 30.6 Å². The summed E-state index contributed by atoms with van der Waals surface area (Å²) in [7, 11) is 0. The topological polar surface area (TPSA) is 15.3 Å². The number of nitrogens with zero attached hydrogens (tertiary/aromatic N) is 1. The fraction of sp³-hybridized carbons (Fsp3) is 0.625. The van der Waals surface area contributed by atoms with Gasteiger partial charge in [0.2, 0.25) is 0 Å². The molecule has 0 bridgehead atoms. The Morgan fingerprint density at radius 1 is 1.19 bits per heavy atom. The zero-order chi connectivity index (χ0) is 15.4. The van der Waals surface area contributed by atoms with Gasteiger partial charge in [-0.3, -0.25) is 4.90 Å². The minimum Gasteiger partial charge on any atom is -0.317 e. The second-order valence-corrected chi connectivity index (χ2v) is 7.39. The van der Waals surface area contributed by atoms with Gasteiger partial charge in [-0.05, 0) is 49.5 Å². The molecule has 21 heavy (non-hydrogen) atoms. The quantitative estimate of drug-likeness (QED) is 0.764. The van der Waals surface area contributed by atoms with Gasteiger partial charge in [0, 0.05) is 24.2 Å². The lowest BCUT2D eigenvalue weighted by atomic mass is 10.0. The third-order valence-electron chi connectivity index (χ3n) is 3.87. The maximum Gasteiger partial charge on any atom is 0.0638 e. The van der Waals surface area contributed by atoms with E-state index in [9.17, 15) is 0 Å². The molecule has 0 radical (unpaired) electrons. The van der Waals surface area contributed by atoms with Crippen LogP contribution in [-0.2, 0) is 6.54 Å². The van der Waals surface area contributed by atoms with Crippen LogP contribution in [0.5, 0.6) is 0 Å². The zero-order valence-corrected chi connectivity index (χ0v) is 14.9. The molecular weight excluding hydrogens is 327 g/mol. The molecule has 1 fully saturated rings. The van der Waals surface area contributed by atoms with E-state index in [1.807, 2.05) is 6.07 Å². The van der Waals surface area contributed by atoms with Crippen molar-refractivity contribution in [1.82, 2.24) is 10.2 Å². The first-order valence-electron chi connectivity index (χ1n) is 7.55. The normalized spacial score (nSPS) is 16.9. The summed E-state index contributed by atoms with van der Waals surface area (Å²) >= 11 is 18.6. The van der Waals surface area contributed by atoms with Gasteiger partial charge in [0.25, 0.3) is 0 Å². The highest BCUT2D eigenvalue weighted by Gasteiger charge is 2.23.